The zero-order chi connectivity index (χ0) is 23.2. The minimum atomic E-state index is -4.77. The van der Waals surface area contributed by atoms with E-state index in [1.807, 2.05) is 0 Å². The average Bonchev–Trinajstić information content (AvgIpc) is 3.04. The third kappa shape index (κ3) is 3.53. The minimum Gasteiger partial charge on any atom is -0.478 e. The maximum atomic E-state index is 14.3. The van der Waals surface area contributed by atoms with Crippen LogP contribution in [0.2, 0.25) is 0 Å². The largest absolute Gasteiger partial charge is 0.478 e. The molecule has 2 atom stereocenters. The molecule has 0 spiro atoms. The highest BCUT2D eigenvalue weighted by atomic mass is 19.4. The second-order valence-corrected chi connectivity index (χ2v) is 7.75. The third-order valence-corrected chi connectivity index (χ3v) is 5.94. The number of amides is 2. The number of hydrogen-bond acceptors (Lipinski definition) is 3. The number of carboxylic acids is 1. The van der Waals surface area contributed by atoms with Crippen molar-refractivity contribution in [1.29, 1.82) is 5.26 Å². The molecule has 10 heteroatoms. The standard InChI is InChI=1S/C22H17F4N3O3/c23-17-10-14(7-8-15(17)20(30)31)29-19-4-2-1-3-18(19)28(21(29)32)13-6-5-12(11-27)16(9-13)22(24,25)26/h5-10,18-19H,1-4H2,(H,30,31)/t18-,19-/m0/s1. The number of rotatable bonds is 3. The van der Waals surface area contributed by atoms with Gasteiger partial charge in [-0.15, -0.1) is 0 Å². The number of carbonyl (C=O) groups excluding carboxylic acids is 1. The Labute approximate surface area is 180 Å². The van der Waals surface area contributed by atoms with E-state index in [2.05, 4.69) is 0 Å². The van der Waals surface area contributed by atoms with Gasteiger partial charge in [-0.25, -0.2) is 14.0 Å². The summed E-state index contributed by atoms with van der Waals surface area (Å²) in [5.41, 5.74) is -2.08. The van der Waals surface area contributed by atoms with Crippen LogP contribution in [0.15, 0.2) is 36.4 Å². The maximum Gasteiger partial charge on any atom is 0.417 e. The van der Waals surface area contributed by atoms with Crippen LogP contribution in [-0.2, 0) is 6.18 Å². The molecule has 32 heavy (non-hydrogen) atoms. The van der Waals surface area contributed by atoms with Crippen LogP contribution >= 0.6 is 0 Å². The Balaban J connectivity index is 1.79. The van der Waals surface area contributed by atoms with Gasteiger partial charge in [-0.1, -0.05) is 12.8 Å². The lowest BCUT2D eigenvalue weighted by Crippen LogP contribution is -2.40. The highest BCUT2D eigenvalue weighted by Crippen LogP contribution is 2.42. The SMILES string of the molecule is N#Cc1ccc(N2C(=O)N(c3ccc(C(=O)O)c(F)c3)[C@H]3CCCC[C@@H]32)cc1C(F)(F)F. The van der Waals surface area contributed by atoms with Crippen LogP contribution in [-0.4, -0.2) is 29.2 Å². The van der Waals surface area contributed by atoms with Gasteiger partial charge in [-0.2, -0.15) is 18.4 Å². The zero-order valence-corrected chi connectivity index (χ0v) is 16.6. The van der Waals surface area contributed by atoms with Crippen molar-refractivity contribution in [3.8, 4) is 6.07 Å². The van der Waals surface area contributed by atoms with E-state index in [1.165, 1.54) is 28.0 Å². The summed E-state index contributed by atoms with van der Waals surface area (Å²) in [5, 5.41) is 18.1. The zero-order valence-electron chi connectivity index (χ0n) is 16.6. The van der Waals surface area contributed by atoms with Crippen LogP contribution < -0.4 is 9.80 Å². The topological polar surface area (TPSA) is 84.6 Å². The number of aromatic carboxylic acids is 1. The molecular weight excluding hydrogens is 430 g/mol. The molecule has 0 unspecified atom stereocenters. The molecular formula is C22H17F4N3O3. The van der Waals surface area contributed by atoms with E-state index in [0.29, 0.717) is 12.8 Å². The number of nitriles is 1. The molecule has 2 aromatic carbocycles. The number of carboxylic acid groups (broad SMARTS) is 1. The van der Waals surface area contributed by atoms with Crippen molar-refractivity contribution in [2.75, 3.05) is 9.80 Å². The third-order valence-electron chi connectivity index (χ3n) is 5.94. The van der Waals surface area contributed by atoms with Gasteiger partial charge in [0.25, 0.3) is 0 Å². The van der Waals surface area contributed by atoms with Crippen molar-refractivity contribution in [3.63, 3.8) is 0 Å². The molecule has 1 aliphatic heterocycles. The Morgan fingerprint density at radius 2 is 1.59 bits per heavy atom. The summed E-state index contributed by atoms with van der Waals surface area (Å²) in [4.78, 5) is 27.1. The van der Waals surface area contributed by atoms with E-state index in [-0.39, 0.29) is 11.4 Å². The van der Waals surface area contributed by atoms with Crippen molar-refractivity contribution in [2.45, 2.75) is 43.9 Å². The van der Waals surface area contributed by atoms with E-state index in [4.69, 9.17) is 10.4 Å². The molecule has 166 valence electrons. The van der Waals surface area contributed by atoms with Gasteiger partial charge in [0.15, 0.2) is 0 Å². The first-order chi connectivity index (χ1) is 15.1. The van der Waals surface area contributed by atoms with Crippen molar-refractivity contribution < 1.29 is 32.3 Å². The van der Waals surface area contributed by atoms with Crippen molar-refractivity contribution in [2.24, 2.45) is 0 Å². The molecule has 1 heterocycles. The predicted octanol–water partition coefficient (Wildman–Crippen LogP) is 5.17. The van der Waals surface area contributed by atoms with Crippen LogP contribution in [0.5, 0.6) is 0 Å². The normalized spacial score (nSPS) is 20.8. The lowest BCUT2D eigenvalue weighted by molar-refractivity contribution is -0.137. The predicted molar refractivity (Wildman–Crippen MR) is 106 cm³/mol. The van der Waals surface area contributed by atoms with E-state index in [9.17, 15) is 27.2 Å². The fraction of sp³-hybridized carbons (Fsp3) is 0.318. The Kier molecular flexibility index (Phi) is 5.28. The first-order valence-corrected chi connectivity index (χ1v) is 9.90. The number of hydrogen-bond donors (Lipinski definition) is 1. The van der Waals surface area contributed by atoms with Gasteiger partial charge in [0, 0.05) is 11.4 Å². The number of benzene rings is 2. The van der Waals surface area contributed by atoms with E-state index < -0.39 is 52.8 Å². The molecule has 6 nitrogen and oxygen atoms in total. The van der Waals surface area contributed by atoms with Crippen molar-refractivity contribution >= 4 is 23.4 Å². The van der Waals surface area contributed by atoms with Crippen LogP contribution in [0, 0.1) is 17.1 Å². The first kappa shape index (κ1) is 21.6. The molecule has 2 fully saturated rings. The molecule has 4 rings (SSSR count). The summed E-state index contributed by atoms with van der Waals surface area (Å²) in [6, 6.07) is 6.51. The number of fused-ring (bicyclic) bond motifs is 1. The molecule has 1 saturated heterocycles. The Morgan fingerprint density at radius 3 is 2.09 bits per heavy atom. The van der Waals surface area contributed by atoms with Crippen molar-refractivity contribution in [1.82, 2.24) is 0 Å². The van der Waals surface area contributed by atoms with Gasteiger partial charge < -0.3 is 5.11 Å². The molecule has 2 amide bonds. The molecule has 2 aliphatic rings. The number of nitrogens with zero attached hydrogens (tertiary/aromatic N) is 3. The Morgan fingerprint density at radius 1 is 1.03 bits per heavy atom. The average molecular weight is 447 g/mol. The molecule has 2 aromatic rings. The maximum absolute atomic E-state index is 14.3. The van der Waals surface area contributed by atoms with E-state index >= 15 is 0 Å². The fourth-order valence-electron chi connectivity index (χ4n) is 4.54. The Bertz CT molecular complexity index is 1140. The monoisotopic (exact) mass is 447 g/mol. The number of alkyl halides is 3. The lowest BCUT2D eigenvalue weighted by atomic mass is 9.89. The quantitative estimate of drug-likeness (QED) is 0.658. The molecule has 0 radical (unpaired) electrons. The number of urea groups is 1. The molecule has 1 saturated carbocycles. The second-order valence-electron chi connectivity index (χ2n) is 7.75. The van der Waals surface area contributed by atoms with Gasteiger partial charge in [-0.3, -0.25) is 9.80 Å². The van der Waals surface area contributed by atoms with Crippen molar-refractivity contribution in [3.05, 3.63) is 58.9 Å². The summed E-state index contributed by atoms with van der Waals surface area (Å²) < 4.78 is 54.7. The number of anilines is 2. The van der Waals surface area contributed by atoms with E-state index in [0.717, 1.165) is 37.1 Å². The highest BCUT2D eigenvalue weighted by Gasteiger charge is 2.48. The molecule has 1 N–H and O–H groups in total. The summed E-state index contributed by atoms with van der Waals surface area (Å²) in [7, 11) is 0. The van der Waals surface area contributed by atoms with Crippen LogP contribution in [0.3, 0.4) is 0 Å². The summed E-state index contributed by atoms with van der Waals surface area (Å²) >= 11 is 0. The van der Waals surface area contributed by atoms with Gasteiger partial charge >= 0.3 is 18.2 Å². The minimum absolute atomic E-state index is 0.00310. The van der Waals surface area contributed by atoms with Gasteiger partial charge in [0.2, 0.25) is 0 Å². The van der Waals surface area contributed by atoms with Gasteiger partial charge in [0.1, 0.15) is 5.82 Å². The van der Waals surface area contributed by atoms with Gasteiger partial charge in [-0.05, 0) is 49.2 Å². The molecule has 0 aromatic heterocycles. The number of halogens is 4. The number of carbonyl (C=O) groups is 2. The van der Waals surface area contributed by atoms with Crippen LogP contribution in [0.4, 0.5) is 33.7 Å². The fourth-order valence-corrected chi connectivity index (χ4v) is 4.54. The lowest BCUT2D eigenvalue weighted by Gasteiger charge is -2.32. The van der Waals surface area contributed by atoms with Gasteiger partial charge in [0.05, 0.1) is 34.8 Å². The van der Waals surface area contributed by atoms with Crippen LogP contribution in [0.25, 0.3) is 0 Å². The summed E-state index contributed by atoms with van der Waals surface area (Å²) in [5.74, 6) is -2.46. The summed E-state index contributed by atoms with van der Waals surface area (Å²) in [6.45, 7) is 0. The smallest absolute Gasteiger partial charge is 0.417 e. The van der Waals surface area contributed by atoms with Crippen LogP contribution in [0.1, 0.15) is 47.2 Å². The second kappa shape index (κ2) is 7.82. The van der Waals surface area contributed by atoms with E-state index in [1.54, 1.807) is 0 Å². The molecule has 1 aliphatic carbocycles. The Hall–Kier alpha value is -3.61. The highest BCUT2D eigenvalue weighted by molar-refractivity contribution is 6.08. The molecule has 0 bridgehead atoms. The summed E-state index contributed by atoms with van der Waals surface area (Å²) in [6.07, 6.45) is -2.10. The first-order valence-electron chi connectivity index (χ1n) is 9.90.